The van der Waals surface area contributed by atoms with Gasteiger partial charge in [0.05, 0.1) is 13.0 Å². The van der Waals surface area contributed by atoms with E-state index in [-0.39, 0.29) is 23.5 Å². The maximum atomic E-state index is 11.9. The van der Waals surface area contributed by atoms with Crippen molar-refractivity contribution in [3.05, 3.63) is 0 Å². The summed E-state index contributed by atoms with van der Waals surface area (Å²) in [6.45, 7) is 6.76. The minimum Gasteiger partial charge on any atom is -0.481 e. The number of carbonyl (C=O) groups is 2. The van der Waals surface area contributed by atoms with Gasteiger partial charge in [-0.25, -0.2) is 4.79 Å². The number of carbonyl (C=O) groups excluding carboxylic acids is 1. The van der Waals surface area contributed by atoms with Crippen LogP contribution in [0, 0.1) is 11.3 Å². The van der Waals surface area contributed by atoms with Gasteiger partial charge in [0.25, 0.3) is 0 Å². The maximum absolute atomic E-state index is 11.9. The zero-order valence-corrected chi connectivity index (χ0v) is 12.3. The summed E-state index contributed by atoms with van der Waals surface area (Å²) in [4.78, 5) is 24.8. The van der Waals surface area contributed by atoms with Gasteiger partial charge in [-0.2, -0.15) is 0 Å². The summed E-state index contributed by atoms with van der Waals surface area (Å²) < 4.78 is 4.83. The first kappa shape index (κ1) is 15.8. The highest BCUT2D eigenvalue weighted by molar-refractivity contribution is 5.72. The third kappa shape index (κ3) is 3.61. The molecule has 0 saturated carbocycles. The zero-order valence-electron chi connectivity index (χ0n) is 12.3. The van der Waals surface area contributed by atoms with Gasteiger partial charge in [-0.15, -0.1) is 0 Å². The highest BCUT2D eigenvalue weighted by Gasteiger charge is 2.42. The second kappa shape index (κ2) is 6.26. The molecular formula is C14H25NO4. The fraction of sp³-hybridized carbons (Fsp3) is 0.857. The van der Waals surface area contributed by atoms with Crippen LogP contribution in [0.4, 0.5) is 4.79 Å². The summed E-state index contributed by atoms with van der Waals surface area (Å²) in [6.07, 6.45) is 2.63. The Labute approximate surface area is 114 Å². The Morgan fingerprint density at radius 1 is 1.42 bits per heavy atom. The van der Waals surface area contributed by atoms with E-state index in [2.05, 4.69) is 20.8 Å². The van der Waals surface area contributed by atoms with Gasteiger partial charge in [-0.1, -0.05) is 27.2 Å². The van der Waals surface area contributed by atoms with Crippen LogP contribution < -0.4 is 0 Å². The number of carboxylic acids is 1. The lowest BCUT2D eigenvalue weighted by Gasteiger charge is -2.45. The number of ether oxygens (including phenoxy) is 1. The van der Waals surface area contributed by atoms with Crippen LogP contribution in [-0.4, -0.2) is 41.8 Å². The molecular weight excluding hydrogens is 246 g/mol. The third-order valence-electron chi connectivity index (χ3n) is 4.16. The number of amides is 1. The average molecular weight is 271 g/mol. The van der Waals surface area contributed by atoms with Crippen LogP contribution in [0.5, 0.6) is 0 Å². The van der Waals surface area contributed by atoms with Crippen LogP contribution >= 0.6 is 0 Å². The summed E-state index contributed by atoms with van der Waals surface area (Å²) in [5.74, 6) is -1.12. The van der Waals surface area contributed by atoms with Crippen molar-refractivity contribution in [1.29, 1.82) is 0 Å². The van der Waals surface area contributed by atoms with E-state index in [0.29, 0.717) is 19.4 Å². The first-order chi connectivity index (χ1) is 8.83. The molecule has 0 spiro atoms. The van der Waals surface area contributed by atoms with E-state index >= 15 is 0 Å². The lowest BCUT2D eigenvalue weighted by atomic mass is 9.73. The summed E-state index contributed by atoms with van der Waals surface area (Å²) in [5, 5.41) is 9.20. The predicted octanol–water partition coefficient (Wildman–Crippen LogP) is 2.74. The minimum atomic E-state index is -0.762. The number of rotatable bonds is 4. The number of methoxy groups -OCH3 is 1. The van der Waals surface area contributed by atoms with Crippen molar-refractivity contribution in [3.8, 4) is 0 Å². The molecule has 2 atom stereocenters. The van der Waals surface area contributed by atoms with Gasteiger partial charge in [-0.05, 0) is 24.7 Å². The topological polar surface area (TPSA) is 66.8 Å². The molecule has 5 nitrogen and oxygen atoms in total. The third-order valence-corrected chi connectivity index (χ3v) is 4.16. The Hall–Kier alpha value is -1.26. The smallest absolute Gasteiger partial charge is 0.409 e. The van der Waals surface area contributed by atoms with E-state index in [4.69, 9.17) is 4.74 Å². The molecule has 19 heavy (non-hydrogen) atoms. The van der Waals surface area contributed by atoms with Crippen LogP contribution in [0.3, 0.4) is 0 Å². The van der Waals surface area contributed by atoms with Gasteiger partial charge < -0.3 is 14.7 Å². The molecule has 1 amide bonds. The molecule has 0 radical (unpaired) electrons. The van der Waals surface area contributed by atoms with Crippen molar-refractivity contribution in [2.45, 2.75) is 52.5 Å². The standard InChI is InChI=1S/C14H25NO4/c1-5-7-14(2,3)11-9-10(12(16)17)6-8-15(11)13(18)19-4/h10-11H,5-9H2,1-4H3,(H,16,17). The molecule has 1 heterocycles. The monoisotopic (exact) mass is 271 g/mol. The second-order valence-corrected chi connectivity index (χ2v) is 5.98. The van der Waals surface area contributed by atoms with Crippen molar-refractivity contribution in [1.82, 2.24) is 4.90 Å². The average Bonchev–Trinajstić information content (AvgIpc) is 2.37. The maximum Gasteiger partial charge on any atom is 0.409 e. The lowest BCUT2D eigenvalue weighted by Crippen LogP contribution is -2.53. The highest BCUT2D eigenvalue weighted by atomic mass is 16.5. The number of nitrogens with zero attached hydrogens (tertiary/aromatic N) is 1. The van der Waals surface area contributed by atoms with Crippen LogP contribution in [0.1, 0.15) is 46.5 Å². The number of hydrogen-bond acceptors (Lipinski definition) is 3. The largest absolute Gasteiger partial charge is 0.481 e. The van der Waals surface area contributed by atoms with Gasteiger partial charge in [-0.3, -0.25) is 4.79 Å². The Morgan fingerprint density at radius 3 is 2.53 bits per heavy atom. The van der Waals surface area contributed by atoms with Crippen molar-refractivity contribution in [3.63, 3.8) is 0 Å². The molecule has 0 aliphatic carbocycles. The fourth-order valence-corrected chi connectivity index (χ4v) is 3.08. The molecule has 1 saturated heterocycles. The van der Waals surface area contributed by atoms with Crippen molar-refractivity contribution < 1.29 is 19.4 Å². The molecule has 5 heteroatoms. The van der Waals surface area contributed by atoms with Gasteiger partial charge in [0.15, 0.2) is 0 Å². The van der Waals surface area contributed by atoms with Gasteiger partial charge in [0, 0.05) is 12.6 Å². The van der Waals surface area contributed by atoms with Crippen LogP contribution in [0.25, 0.3) is 0 Å². The molecule has 1 fully saturated rings. The van der Waals surface area contributed by atoms with Crippen molar-refractivity contribution >= 4 is 12.1 Å². The molecule has 110 valence electrons. The molecule has 0 aromatic rings. The summed E-state index contributed by atoms with van der Waals surface area (Å²) in [5.41, 5.74) is -0.100. The van der Waals surface area contributed by atoms with Crippen molar-refractivity contribution in [2.75, 3.05) is 13.7 Å². The van der Waals surface area contributed by atoms with Crippen LogP contribution in [0.2, 0.25) is 0 Å². The second-order valence-electron chi connectivity index (χ2n) is 5.98. The summed E-state index contributed by atoms with van der Waals surface area (Å²) >= 11 is 0. The van der Waals surface area contributed by atoms with E-state index in [1.807, 2.05) is 0 Å². The first-order valence-corrected chi connectivity index (χ1v) is 6.91. The highest BCUT2D eigenvalue weighted by Crippen LogP contribution is 2.38. The normalized spacial score (nSPS) is 24.1. The van der Waals surface area contributed by atoms with Crippen LogP contribution in [-0.2, 0) is 9.53 Å². The number of hydrogen-bond donors (Lipinski definition) is 1. The SMILES string of the molecule is CCCC(C)(C)C1CC(C(=O)O)CCN1C(=O)OC. The zero-order chi connectivity index (χ0) is 14.6. The first-order valence-electron chi connectivity index (χ1n) is 6.91. The fourth-order valence-electron chi connectivity index (χ4n) is 3.08. The van der Waals surface area contributed by atoms with Gasteiger partial charge >= 0.3 is 12.1 Å². The number of likely N-dealkylation sites (tertiary alicyclic amines) is 1. The number of piperidine rings is 1. The quantitative estimate of drug-likeness (QED) is 0.853. The molecule has 1 rings (SSSR count). The summed E-state index contributed by atoms with van der Waals surface area (Å²) in [7, 11) is 1.37. The number of aliphatic carboxylic acids is 1. The molecule has 0 bridgehead atoms. The van der Waals surface area contributed by atoms with E-state index in [9.17, 15) is 14.7 Å². The lowest BCUT2D eigenvalue weighted by molar-refractivity contribution is -0.144. The van der Waals surface area contributed by atoms with E-state index in [1.165, 1.54) is 7.11 Å². The van der Waals surface area contributed by atoms with Gasteiger partial charge in [0.1, 0.15) is 0 Å². The van der Waals surface area contributed by atoms with E-state index in [1.54, 1.807) is 4.90 Å². The molecule has 2 unspecified atom stereocenters. The van der Waals surface area contributed by atoms with Crippen molar-refractivity contribution in [2.24, 2.45) is 11.3 Å². The molecule has 0 aromatic heterocycles. The van der Waals surface area contributed by atoms with E-state index in [0.717, 1.165) is 12.8 Å². The molecule has 1 aliphatic rings. The van der Waals surface area contributed by atoms with E-state index < -0.39 is 5.97 Å². The molecule has 0 aromatic carbocycles. The van der Waals surface area contributed by atoms with Crippen LogP contribution in [0.15, 0.2) is 0 Å². The Morgan fingerprint density at radius 2 is 2.05 bits per heavy atom. The number of carboxylic acid groups (broad SMARTS) is 1. The molecule has 1 aliphatic heterocycles. The Balaban J connectivity index is 2.93. The Kier molecular flexibility index (Phi) is 5.20. The Bertz CT molecular complexity index is 340. The minimum absolute atomic E-state index is 0.0743. The summed E-state index contributed by atoms with van der Waals surface area (Å²) in [6, 6.07) is -0.0743. The van der Waals surface area contributed by atoms with Gasteiger partial charge in [0.2, 0.25) is 0 Å². The molecule has 1 N–H and O–H groups in total. The predicted molar refractivity (Wildman–Crippen MR) is 71.9 cm³/mol.